The maximum absolute atomic E-state index is 12.1. The molecule has 0 radical (unpaired) electrons. The van der Waals surface area contributed by atoms with Gasteiger partial charge in [-0.1, -0.05) is 61.4 Å². The molecule has 8 heteroatoms. The van der Waals surface area contributed by atoms with Crippen LogP contribution in [0.25, 0.3) is 11.1 Å². The summed E-state index contributed by atoms with van der Waals surface area (Å²) in [6.07, 6.45) is 1.32. The second kappa shape index (κ2) is 12.0. The Balaban J connectivity index is 1.28. The smallest absolute Gasteiger partial charge is 0.407 e. The first kappa shape index (κ1) is 24.3. The number of nitrogens with one attached hydrogen (secondary N) is 2. The van der Waals surface area contributed by atoms with Crippen LogP contribution in [0.5, 0.6) is 0 Å². The molecule has 0 saturated heterocycles. The van der Waals surface area contributed by atoms with E-state index in [0.717, 1.165) is 19.3 Å². The summed E-state index contributed by atoms with van der Waals surface area (Å²) in [5.41, 5.74) is 4.73. The quantitative estimate of drug-likeness (QED) is 0.365. The molecule has 8 nitrogen and oxygen atoms in total. The number of carbonyl (C=O) groups excluding carboxylic acids is 2. The number of carboxylic acids is 1. The van der Waals surface area contributed by atoms with Gasteiger partial charge >= 0.3 is 12.1 Å². The molecule has 0 aromatic heterocycles. The van der Waals surface area contributed by atoms with Gasteiger partial charge in [-0.15, -0.1) is 0 Å². The van der Waals surface area contributed by atoms with Crippen molar-refractivity contribution < 1.29 is 29.3 Å². The minimum Gasteiger partial charge on any atom is -0.479 e. The summed E-state index contributed by atoms with van der Waals surface area (Å²) in [6.45, 7) is 0.484. The predicted octanol–water partition coefficient (Wildman–Crippen LogP) is 3.04. The maximum atomic E-state index is 12.1. The first-order chi connectivity index (χ1) is 16.0. The fraction of sp³-hybridized carbons (Fsp3) is 0.400. The number of hydrogen-bond acceptors (Lipinski definition) is 5. The number of rotatable bonds is 12. The van der Waals surface area contributed by atoms with Crippen LogP contribution in [0.3, 0.4) is 0 Å². The van der Waals surface area contributed by atoms with E-state index in [-0.39, 0.29) is 31.4 Å². The Morgan fingerprint density at radius 2 is 1.48 bits per heavy atom. The summed E-state index contributed by atoms with van der Waals surface area (Å²) >= 11 is 0. The number of carboxylic acid groups (broad SMARTS) is 1. The number of carbonyl (C=O) groups is 3. The van der Waals surface area contributed by atoms with Gasteiger partial charge in [0.25, 0.3) is 0 Å². The Kier molecular flexibility index (Phi) is 8.83. The van der Waals surface area contributed by atoms with Crippen LogP contribution in [-0.4, -0.2) is 54.0 Å². The van der Waals surface area contributed by atoms with E-state index in [0.29, 0.717) is 13.0 Å². The van der Waals surface area contributed by atoms with Crippen LogP contribution in [0.4, 0.5) is 4.79 Å². The molecular formula is C25H30N2O6. The Labute approximate surface area is 193 Å². The van der Waals surface area contributed by atoms with Crippen molar-refractivity contribution in [3.8, 4) is 11.1 Å². The van der Waals surface area contributed by atoms with E-state index in [1.54, 1.807) is 0 Å². The lowest BCUT2D eigenvalue weighted by atomic mass is 9.98. The molecule has 0 fully saturated rings. The molecule has 1 aliphatic rings. The second-order valence-electron chi connectivity index (χ2n) is 8.07. The first-order valence-electron chi connectivity index (χ1n) is 11.2. The summed E-state index contributed by atoms with van der Waals surface area (Å²) in [5.74, 6) is -1.61. The highest BCUT2D eigenvalue weighted by atomic mass is 16.5. The lowest BCUT2D eigenvalue weighted by Crippen LogP contribution is -2.36. The number of hydrogen-bond donors (Lipinski definition) is 4. The third-order valence-electron chi connectivity index (χ3n) is 5.72. The number of unbranched alkanes of at least 4 members (excludes halogenated alkanes) is 3. The minimum atomic E-state index is -1.59. The Hall–Kier alpha value is -3.39. The van der Waals surface area contributed by atoms with Crippen LogP contribution in [0.2, 0.25) is 0 Å². The second-order valence-corrected chi connectivity index (χ2v) is 8.07. The third-order valence-corrected chi connectivity index (χ3v) is 5.72. The summed E-state index contributed by atoms with van der Waals surface area (Å²) < 4.78 is 5.50. The average molecular weight is 455 g/mol. The normalized spacial score (nSPS) is 13.0. The standard InChI is InChI=1S/C25H30N2O6/c28-22(24(30)31)15-27-23(29)13-3-1-2-8-14-26-25(32)33-16-21-19-11-6-4-9-17(19)18-10-5-7-12-20(18)21/h4-7,9-12,21-22,28H,1-3,8,13-16H2,(H,26,32)(H,27,29)(H,30,31)/t22-/m0/s1. The van der Waals surface area contributed by atoms with E-state index in [2.05, 4.69) is 34.9 Å². The largest absolute Gasteiger partial charge is 0.479 e. The van der Waals surface area contributed by atoms with Gasteiger partial charge in [-0.05, 0) is 35.1 Å². The average Bonchev–Trinajstić information content (AvgIpc) is 3.14. The number of fused-ring (bicyclic) bond motifs is 3. The molecule has 0 saturated carbocycles. The van der Waals surface area contributed by atoms with E-state index in [1.165, 1.54) is 22.3 Å². The van der Waals surface area contributed by atoms with E-state index >= 15 is 0 Å². The highest BCUT2D eigenvalue weighted by Gasteiger charge is 2.28. The van der Waals surface area contributed by atoms with Gasteiger partial charge in [0, 0.05) is 18.9 Å². The van der Waals surface area contributed by atoms with Gasteiger partial charge in [-0.25, -0.2) is 9.59 Å². The van der Waals surface area contributed by atoms with Crippen LogP contribution in [0, 0.1) is 0 Å². The molecule has 176 valence electrons. The van der Waals surface area contributed by atoms with Gasteiger partial charge in [0.05, 0.1) is 6.54 Å². The van der Waals surface area contributed by atoms with Crippen molar-refractivity contribution in [3.05, 3.63) is 59.7 Å². The van der Waals surface area contributed by atoms with Crippen LogP contribution in [-0.2, 0) is 14.3 Å². The highest BCUT2D eigenvalue weighted by molar-refractivity contribution is 5.79. The van der Waals surface area contributed by atoms with Crippen LogP contribution < -0.4 is 10.6 Å². The summed E-state index contributed by atoms with van der Waals surface area (Å²) in [6, 6.07) is 16.4. The molecule has 1 atom stereocenters. The van der Waals surface area contributed by atoms with Crippen LogP contribution in [0.1, 0.15) is 49.1 Å². The molecule has 2 amide bonds. The predicted molar refractivity (Wildman–Crippen MR) is 123 cm³/mol. The number of benzene rings is 2. The van der Waals surface area contributed by atoms with Gasteiger partial charge < -0.3 is 25.6 Å². The van der Waals surface area contributed by atoms with Crippen molar-refractivity contribution in [2.75, 3.05) is 19.7 Å². The number of aliphatic hydroxyl groups excluding tert-OH is 1. The topological polar surface area (TPSA) is 125 Å². The lowest BCUT2D eigenvalue weighted by Gasteiger charge is -2.14. The number of alkyl carbamates (subject to hydrolysis) is 1. The zero-order chi connectivity index (χ0) is 23.6. The molecule has 0 heterocycles. The molecule has 0 spiro atoms. The van der Waals surface area contributed by atoms with Crippen molar-refractivity contribution >= 4 is 18.0 Å². The zero-order valence-corrected chi connectivity index (χ0v) is 18.5. The van der Waals surface area contributed by atoms with E-state index < -0.39 is 18.2 Å². The van der Waals surface area contributed by atoms with Crippen molar-refractivity contribution in [2.24, 2.45) is 0 Å². The van der Waals surface area contributed by atoms with Crippen LogP contribution in [0.15, 0.2) is 48.5 Å². The van der Waals surface area contributed by atoms with Crippen molar-refractivity contribution in [1.82, 2.24) is 10.6 Å². The van der Waals surface area contributed by atoms with Gasteiger partial charge in [-0.3, -0.25) is 4.79 Å². The number of amides is 2. The summed E-state index contributed by atoms with van der Waals surface area (Å²) in [7, 11) is 0. The molecule has 2 aromatic rings. The molecule has 0 unspecified atom stereocenters. The number of ether oxygens (including phenoxy) is 1. The molecule has 1 aliphatic carbocycles. The molecule has 2 aromatic carbocycles. The highest BCUT2D eigenvalue weighted by Crippen LogP contribution is 2.44. The van der Waals surface area contributed by atoms with Crippen molar-refractivity contribution in [1.29, 1.82) is 0 Å². The minimum absolute atomic E-state index is 0.0332. The van der Waals surface area contributed by atoms with E-state index in [9.17, 15) is 14.4 Å². The Bertz CT molecular complexity index is 931. The molecular weight excluding hydrogens is 424 g/mol. The first-order valence-corrected chi connectivity index (χ1v) is 11.2. The van der Waals surface area contributed by atoms with Gasteiger partial charge in [0.2, 0.25) is 5.91 Å². The number of aliphatic carboxylic acids is 1. The van der Waals surface area contributed by atoms with Crippen molar-refractivity contribution in [3.63, 3.8) is 0 Å². The SMILES string of the molecule is O=C(CCCCCCNC(=O)OCC1c2ccccc2-c2ccccc21)NC[C@H](O)C(=O)O. The van der Waals surface area contributed by atoms with E-state index in [4.69, 9.17) is 14.9 Å². The molecule has 4 N–H and O–H groups in total. The van der Waals surface area contributed by atoms with Crippen LogP contribution >= 0.6 is 0 Å². The van der Waals surface area contributed by atoms with Gasteiger partial charge in [0.1, 0.15) is 6.61 Å². The van der Waals surface area contributed by atoms with E-state index in [1.807, 2.05) is 24.3 Å². The third kappa shape index (κ3) is 6.79. The molecule has 33 heavy (non-hydrogen) atoms. The van der Waals surface area contributed by atoms with Crippen molar-refractivity contribution in [2.45, 2.75) is 44.1 Å². The summed E-state index contributed by atoms with van der Waals surface area (Å²) in [4.78, 5) is 34.2. The fourth-order valence-electron chi connectivity index (χ4n) is 3.99. The number of aliphatic hydroxyl groups is 1. The monoisotopic (exact) mass is 454 g/mol. The molecule has 0 aliphatic heterocycles. The fourth-order valence-corrected chi connectivity index (χ4v) is 3.99. The maximum Gasteiger partial charge on any atom is 0.407 e. The Morgan fingerprint density at radius 1 is 0.879 bits per heavy atom. The Morgan fingerprint density at radius 3 is 2.12 bits per heavy atom. The molecule has 0 bridgehead atoms. The lowest BCUT2D eigenvalue weighted by molar-refractivity contribution is -0.146. The zero-order valence-electron chi connectivity index (χ0n) is 18.5. The summed E-state index contributed by atoms with van der Waals surface area (Å²) in [5, 5.41) is 22.8. The van der Waals surface area contributed by atoms with Gasteiger partial charge in [-0.2, -0.15) is 0 Å². The molecule has 3 rings (SSSR count). The van der Waals surface area contributed by atoms with Gasteiger partial charge in [0.15, 0.2) is 6.10 Å².